The van der Waals surface area contributed by atoms with Crippen molar-refractivity contribution < 1.29 is 19.1 Å². The summed E-state index contributed by atoms with van der Waals surface area (Å²) in [7, 11) is 0. The van der Waals surface area contributed by atoms with E-state index in [0.29, 0.717) is 11.5 Å². The molecular weight excluding hydrogens is 293 g/mol. The molecule has 1 amide bonds. The largest absolute Gasteiger partial charge is 0.481 e. The SMILES string of the molecule is O=C(O)CCN(C(=O)CSCc1ccc(F)cc1)C1CC1. The number of thioether (sulfide) groups is 1. The van der Waals surface area contributed by atoms with Crippen LogP contribution in [0.3, 0.4) is 0 Å². The first-order valence-corrected chi connectivity index (χ1v) is 8.05. The Labute approximate surface area is 127 Å². The lowest BCUT2D eigenvalue weighted by molar-refractivity contribution is -0.138. The summed E-state index contributed by atoms with van der Waals surface area (Å²) < 4.78 is 12.8. The third-order valence-corrected chi connectivity index (χ3v) is 4.27. The maximum absolute atomic E-state index is 12.8. The molecule has 0 aromatic heterocycles. The van der Waals surface area contributed by atoms with Crippen molar-refractivity contribution in [1.29, 1.82) is 0 Å². The summed E-state index contributed by atoms with van der Waals surface area (Å²) in [6.45, 7) is 0.288. The highest BCUT2D eigenvalue weighted by molar-refractivity contribution is 7.99. The molecule has 0 spiro atoms. The van der Waals surface area contributed by atoms with Gasteiger partial charge in [-0.25, -0.2) is 4.39 Å². The first kappa shape index (κ1) is 15.8. The Morgan fingerprint density at radius 1 is 1.29 bits per heavy atom. The topological polar surface area (TPSA) is 57.6 Å². The van der Waals surface area contributed by atoms with Crippen LogP contribution in [-0.2, 0) is 15.3 Å². The van der Waals surface area contributed by atoms with Gasteiger partial charge in [0.1, 0.15) is 5.82 Å². The predicted octanol–water partition coefficient (Wildman–Crippen LogP) is 2.52. The Morgan fingerprint density at radius 2 is 1.95 bits per heavy atom. The highest BCUT2D eigenvalue weighted by Gasteiger charge is 2.32. The maximum atomic E-state index is 12.8. The van der Waals surface area contributed by atoms with Crippen LogP contribution in [0.15, 0.2) is 24.3 Å². The molecule has 21 heavy (non-hydrogen) atoms. The molecule has 1 N–H and O–H groups in total. The number of benzene rings is 1. The van der Waals surface area contributed by atoms with Gasteiger partial charge in [-0.05, 0) is 30.5 Å². The molecule has 2 rings (SSSR count). The smallest absolute Gasteiger partial charge is 0.305 e. The Bertz CT molecular complexity index is 502. The number of nitrogens with zero attached hydrogens (tertiary/aromatic N) is 1. The fourth-order valence-corrected chi connectivity index (χ4v) is 2.90. The highest BCUT2D eigenvalue weighted by Crippen LogP contribution is 2.28. The van der Waals surface area contributed by atoms with E-state index in [1.165, 1.54) is 23.9 Å². The van der Waals surface area contributed by atoms with Crippen molar-refractivity contribution in [3.05, 3.63) is 35.6 Å². The standard InChI is InChI=1S/C15H18FNO3S/c16-12-3-1-11(2-4-12)9-21-10-14(18)17(13-5-6-13)8-7-15(19)20/h1-4,13H,5-10H2,(H,19,20). The minimum atomic E-state index is -0.882. The molecule has 0 heterocycles. The third-order valence-electron chi connectivity index (χ3n) is 3.28. The van der Waals surface area contributed by atoms with Gasteiger partial charge >= 0.3 is 5.97 Å². The number of halogens is 1. The van der Waals surface area contributed by atoms with Crippen molar-refractivity contribution in [3.63, 3.8) is 0 Å². The summed E-state index contributed by atoms with van der Waals surface area (Å²) >= 11 is 1.47. The van der Waals surface area contributed by atoms with Gasteiger partial charge < -0.3 is 10.0 Å². The molecule has 0 aliphatic heterocycles. The molecular formula is C15H18FNO3S. The summed E-state index contributed by atoms with van der Waals surface area (Å²) in [4.78, 5) is 24.4. The molecule has 6 heteroatoms. The van der Waals surface area contributed by atoms with Crippen LogP contribution in [0.25, 0.3) is 0 Å². The molecule has 0 atom stereocenters. The number of carbonyl (C=O) groups is 2. The van der Waals surface area contributed by atoms with Crippen LogP contribution in [0.2, 0.25) is 0 Å². The Balaban J connectivity index is 1.76. The van der Waals surface area contributed by atoms with E-state index in [9.17, 15) is 14.0 Å². The first-order valence-electron chi connectivity index (χ1n) is 6.89. The molecule has 0 radical (unpaired) electrons. The molecule has 1 fully saturated rings. The van der Waals surface area contributed by atoms with Crippen LogP contribution in [0.4, 0.5) is 4.39 Å². The van der Waals surface area contributed by atoms with Crippen molar-refractivity contribution in [1.82, 2.24) is 4.90 Å². The second-order valence-electron chi connectivity index (χ2n) is 5.08. The van der Waals surface area contributed by atoms with Crippen molar-refractivity contribution in [2.45, 2.75) is 31.1 Å². The van der Waals surface area contributed by atoms with E-state index in [0.717, 1.165) is 18.4 Å². The molecule has 114 valence electrons. The molecule has 1 aliphatic carbocycles. The summed E-state index contributed by atoms with van der Waals surface area (Å²) in [5, 5.41) is 8.72. The third kappa shape index (κ3) is 5.38. The zero-order valence-electron chi connectivity index (χ0n) is 11.6. The molecule has 0 bridgehead atoms. The van der Waals surface area contributed by atoms with Gasteiger partial charge in [0.2, 0.25) is 5.91 Å². The van der Waals surface area contributed by atoms with E-state index in [1.54, 1.807) is 17.0 Å². The summed E-state index contributed by atoms with van der Waals surface area (Å²) in [5.41, 5.74) is 0.970. The van der Waals surface area contributed by atoms with Gasteiger partial charge in [-0.2, -0.15) is 0 Å². The normalized spacial score (nSPS) is 14.0. The molecule has 4 nitrogen and oxygen atoms in total. The van der Waals surface area contributed by atoms with Gasteiger partial charge in [-0.3, -0.25) is 9.59 Å². The van der Waals surface area contributed by atoms with Crippen LogP contribution in [-0.4, -0.2) is 40.2 Å². The fraction of sp³-hybridized carbons (Fsp3) is 0.467. The predicted molar refractivity (Wildman–Crippen MR) is 79.5 cm³/mol. The summed E-state index contributed by atoms with van der Waals surface area (Å²) in [6.07, 6.45) is 1.92. The summed E-state index contributed by atoms with van der Waals surface area (Å²) in [6, 6.07) is 6.44. The van der Waals surface area contributed by atoms with Gasteiger partial charge in [0.15, 0.2) is 0 Å². The Morgan fingerprint density at radius 3 is 2.52 bits per heavy atom. The lowest BCUT2D eigenvalue weighted by atomic mass is 10.2. The van der Waals surface area contributed by atoms with Crippen molar-refractivity contribution in [3.8, 4) is 0 Å². The van der Waals surface area contributed by atoms with Crippen LogP contribution < -0.4 is 0 Å². The van der Waals surface area contributed by atoms with Gasteiger partial charge in [0.25, 0.3) is 0 Å². The zero-order chi connectivity index (χ0) is 15.2. The fourth-order valence-electron chi connectivity index (χ4n) is 2.03. The van der Waals surface area contributed by atoms with Gasteiger partial charge in [0.05, 0.1) is 12.2 Å². The van der Waals surface area contributed by atoms with Gasteiger partial charge in [0, 0.05) is 18.3 Å². The number of carboxylic acid groups (broad SMARTS) is 1. The van der Waals surface area contributed by atoms with Crippen molar-refractivity contribution >= 4 is 23.6 Å². The van der Waals surface area contributed by atoms with E-state index in [1.807, 2.05) is 0 Å². The van der Waals surface area contributed by atoms with E-state index in [-0.39, 0.29) is 30.7 Å². The zero-order valence-corrected chi connectivity index (χ0v) is 12.4. The molecule has 0 unspecified atom stereocenters. The quantitative estimate of drug-likeness (QED) is 0.801. The number of hydrogen-bond acceptors (Lipinski definition) is 3. The molecule has 1 aromatic rings. The van der Waals surface area contributed by atoms with Gasteiger partial charge in [-0.15, -0.1) is 11.8 Å². The van der Waals surface area contributed by atoms with Crippen molar-refractivity contribution in [2.75, 3.05) is 12.3 Å². The van der Waals surface area contributed by atoms with Crippen LogP contribution in [0.5, 0.6) is 0 Å². The lowest BCUT2D eigenvalue weighted by Crippen LogP contribution is -2.36. The Hall–Kier alpha value is -1.56. The average Bonchev–Trinajstić information content (AvgIpc) is 3.25. The number of hydrogen-bond donors (Lipinski definition) is 1. The minimum absolute atomic E-state index is 0.00846. The number of carbonyl (C=O) groups excluding carboxylic acids is 1. The first-order chi connectivity index (χ1) is 10.1. The van der Waals surface area contributed by atoms with E-state index in [2.05, 4.69) is 0 Å². The number of carboxylic acids is 1. The highest BCUT2D eigenvalue weighted by atomic mass is 32.2. The van der Waals surface area contributed by atoms with E-state index >= 15 is 0 Å². The molecule has 1 aromatic carbocycles. The van der Waals surface area contributed by atoms with Crippen molar-refractivity contribution in [2.24, 2.45) is 0 Å². The van der Waals surface area contributed by atoms with Crippen LogP contribution in [0.1, 0.15) is 24.8 Å². The second-order valence-corrected chi connectivity index (χ2v) is 6.07. The number of amides is 1. The van der Waals surface area contributed by atoms with Crippen LogP contribution >= 0.6 is 11.8 Å². The molecule has 1 saturated carbocycles. The maximum Gasteiger partial charge on any atom is 0.305 e. The second kappa shape index (κ2) is 7.45. The van der Waals surface area contributed by atoms with E-state index < -0.39 is 5.97 Å². The number of aliphatic carboxylic acids is 1. The molecule has 0 saturated heterocycles. The minimum Gasteiger partial charge on any atom is -0.481 e. The van der Waals surface area contributed by atoms with Crippen LogP contribution in [0, 0.1) is 5.82 Å². The Kier molecular flexibility index (Phi) is 5.61. The summed E-state index contributed by atoms with van der Waals surface area (Å²) in [5.74, 6) is -0.191. The van der Waals surface area contributed by atoms with Gasteiger partial charge in [-0.1, -0.05) is 12.1 Å². The molecule has 1 aliphatic rings. The monoisotopic (exact) mass is 311 g/mol. The average molecular weight is 311 g/mol. The lowest BCUT2D eigenvalue weighted by Gasteiger charge is -2.21. The number of rotatable bonds is 8. The van der Waals surface area contributed by atoms with E-state index in [4.69, 9.17) is 5.11 Å².